The quantitative estimate of drug-likeness (QED) is 0.584. The van der Waals surface area contributed by atoms with Crippen molar-refractivity contribution in [2.75, 3.05) is 7.11 Å². The normalized spacial score (nSPS) is 12.7. The van der Waals surface area contributed by atoms with Crippen LogP contribution in [0.3, 0.4) is 0 Å². The molecule has 1 unspecified atom stereocenters. The van der Waals surface area contributed by atoms with E-state index in [1.807, 2.05) is 19.2 Å². The lowest BCUT2D eigenvalue weighted by Crippen LogP contribution is -2.30. The number of ether oxygens (including phenoxy) is 1. The number of hydrogen-bond donors (Lipinski definition) is 2. The molecule has 0 spiro atoms. The molecule has 0 saturated carbocycles. The molecule has 2 aromatic heterocycles. The zero-order valence-corrected chi connectivity index (χ0v) is 9.18. The Kier molecular flexibility index (Phi) is 2.93. The fourth-order valence-corrected chi connectivity index (χ4v) is 1.66. The molecule has 0 radical (unpaired) electrons. The van der Waals surface area contributed by atoms with Gasteiger partial charge >= 0.3 is 0 Å². The maximum Gasteiger partial charge on any atom is 0.162 e. The maximum atomic E-state index is 5.54. The van der Waals surface area contributed by atoms with E-state index in [0.29, 0.717) is 11.5 Å². The van der Waals surface area contributed by atoms with Gasteiger partial charge in [-0.1, -0.05) is 0 Å². The van der Waals surface area contributed by atoms with Crippen molar-refractivity contribution in [3.8, 4) is 5.75 Å². The standard InChI is InChI=1S/C10H14N4O2/c1-14-10(8(15-2)6-12-14)9(13-11)7-4-3-5-16-7/h3-6,9,13H,11H2,1-2H3. The highest BCUT2D eigenvalue weighted by Gasteiger charge is 2.23. The van der Waals surface area contributed by atoms with Crippen molar-refractivity contribution in [1.82, 2.24) is 15.2 Å². The second-order valence-corrected chi connectivity index (χ2v) is 3.34. The molecule has 0 aliphatic heterocycles. The number of aryl methyl sites for hydroxylation is 1. The van der Waals surface area contributed by atoms with Gasteiger partial charge in [-0.25, -0.2) is 5.43 Å². The minimum Gasteiger partial charge on any atom is -0.493 e. The lowest BCUT2D eigenvalue weighted by Gasteiger charge is -2.15. The first-order valence-corrected chi connectivity index (χ1v) is 4.83. The monoisotopic (exact) mass is 222 g/mol. The molecule has 86 valence electrons. The number of nitrogens with zero attached hydrogens (tertiary/aromatic N) is 2. The van der Waals surface area contributed by atoms with E-state index in [9.17, 15) is 0 Å². The molecule has 0 aliphatic rings. The number of hydrazine groups is 1. The van der Waals surface area contributed by atoms with Crippen LogP contribution in [-0.2, 0) is 7.05 Å². The molecule has 0 bridgehead atoms. The fraction of sp³-hybridized carbons (Fsp3) is 0.300. The molecule has 0 aliphatic carbocycles. The third kappa shape index (κ3) is 1.68. The zero-order valence-electron chi connectivity index (χ0n) is 9.18. The number of hydrogen-bond acceptors (Lipinski definition) is 5. The van der Waals surface area contributed by atoms with Crippen molar-refractivity contribution < 1.29 is 9.15 Å². The summed E-state index contributed by atoms with van der Waals surface area (Å²) in [5, 5.41) is 4.12. The van der Waals surface area contributed by atoms with Crippen LogP contribution in [0, 0.1) is 0 Å². The Labute approximate surface area is 93.0 Å². The smallest absolute Gasteiger partial charge is 0.162 e. The van der Waals surface area contributed by atoms with E-state index < -0.39 is 0 Å². The van der Waals surface area contributed by atoms with Crippen molar-refractivity contribution in [2.45, 2.75) is 6.04 Å². The Morgan fingerprint density at radius 3 is 3.00 bits per heavy atom. The molecule has 6 heteroatoms. The summed E-state index contributed by atoms with van der Waals surface area (Å²) in [7, 11) is 3.42. The molecule has 0 aromatic carbocycles. The average molecular weight is 222 g/mol. The average Bonchev–Trinajstić information content (AvgIpc) is 2.91. The Morgan fingerprint density at radius 1 is 1.62 bits per heavy atom. The molecule has 2 heterocycles. The Morgan fingerprint density at radius 2 is 2.44 bits per heavy atom. The van der Waals surface area contributed by atoms with Crippen LogP contribution >= 0.6 is 0 Å². The number of rotatable bonds is 4. The minimum atomic E-state index is -0.280. The number of methoxy groups -OCH3 is 1. The maximum absolute atomic E-state index is 5.54. The summed E-state index contributed by atoms with van der Waals surface area (Å²) >= 11 is 0. The van der Waals surface area contributed by atoms with Gasteiger partial charge in [-0.2, -0.15) is 5.10 Å². The number of nitrogens with two attached hydrogens (primary N) is 1. The highest BCUT2D eigenvalue weighted by Crippen LogP contribution is 2.28. The Hall–Kier alpha value is -1.79. The summed E-state index contributed by atoms with van der Waals surface area (Å²) in [6.07, 6.45) is 3.24. The van der Waals surface area contributed by atoms with Gasteiger partial charge in [0, 0.05) is 7.05 Å². The molecule has 0 amide bonds. The Bertz CT molecular complexity index is 449. The largest absolute Gasteiger partial charge is 0.493 e. The van der Waals surface area contributed by atoms with Crippen LogP contribution in [0.2, 0.25) is 0 Å². The predicted octanol–water partition coefficient (Wildman–Crippen LogP) is 0.574. The van der Waals surface area contributed by atoms with Crippen LogP contribution in [-0.4, -0.2) is 16.9 Å². The van der Waals surface area contributed by atoms with Gasteiger partial charge < -0.3 is 9.15 Å². The van der Waals surface area contributed by atoms with E-state index in [0.717, 1.165) is 5.69 Å². The summed E-state index contributed by atoms with van der Waals surface area (Å²) in [4.78, 5) is 0. The first-order valence-electron chi connectivity index (χ1n) is 4.83. The van der Waals surface area contributed by atoms with Crippen LogP contribution in [0.15, 0.2) is 29.0 Å². The zero-order chi connectivity index (χ0) is 11.5. The summed E-state index contributed by atoms with van der Waals surface area (Å²) in [6, 6.07) is 3.37. The van der Waals surface area contributed by atoms with Gasteiger partial charge in [0.25, 0.3) is 0 Å². The van der Waals surface area contributed by atoms with Crippen LogP contribution in [0.5, 0.6) is 5.75 Å². The molecule has 1 atom stereocenters. The van der Waals surface area contributed by atoms with Gasteiger partial charge in [0.1, 0.15) is 17.5 Å². The fourth-order valence-electron chi connectivity index (χ4n) is 1.66. The highest BCUT2D eigenvalue weighted by molar-refractivity contribution is 5.32. The van der Waals surface area contributed by atoms with Gasteiger partial charge in [-0.3, -0.25) is 10.5 Å². The molecule has 0 saturated heterocycles. The van der Waals surface area contributed by atoms with Crippen molar-refractivity contribution in [3.63, 3.8) is 0 Å². The first kappa shape index (κ1) is 10.7. The lowest BCUT2D eigenvalue weighted by molar-refractivity contribution is 0.387. The van der Waals surface area contributed by atoms with Crippen molar-refractivity contribution in [2.24, 2.45) is 12.9 Å². The van der Waals surface area contributed by atoms with E-state index in [2.05, 4.69) is 10.5 Å². The summed E-state index contributed by atoms with van der Waals surface area (Å²) in [5.74, 6) is 6.92. The van der Waals surface area contributed by atoms with Crippen LogP contribution in [0.1, 0.15) is 17.5 Å². The van der Waals surface area contributed by atoms with Gasteiger partial charge in [-0.05, 0) is 12.1 Å². The van der Waals surface area contributed by atoms with Crippen molar-refractivity contribution in [3.05, 3.63) is 36.0 Å². The third-order valence-electron chi connectivity index (χ3n) is 2.44. The molecule has 2 aromatic rings. The number of nitrogens with one attached hydrogen (secondary N) is 1. The molecule has 3 N–H and O–H groups in total. The highest BCUT2D eigenvalue weighted by atomic mass is 16.5. The SMILES string of the molecule is COc1cnn(C)c1C(NN)c1ccco1. The van der Waals surface area contributed by atoms with Crippen LogP contribution in [0.25, 0.3) is 0 Å². The van der Waals surface area contributed by atoms with Gasteiger partial charge in [0.05, 0.1) is 19.6 Å². The summed E-state index contributed by atoms with van der Waals surface area (Å²) < 4.78 is 12.3. The predicted molar refractivity (Wildman–Crippen MR) is 57.6 cm³/mol. The first-order chi connectivity index (χ1) is 7.77. The van der Waals surface area contributed by atoms with Crippen molar-refractivity contribution in [1.29, 1.82) is 0 Å². The van der Waals surface area contributed by atoms with E-state index in [1.165, 1.54) is 0 Å². The Balaban J connectivity index is 2.44. The third-order valence-corrected chi connectivity index (χ3v) is 2.44. The topological polar surface area (TPSA) is 78.2 Å². The summed E-state index contributed by atoms with van der Waals surface area (Å²) in [5.41, 5.74) is 3.51. The molecular formula is C10H14N4O2. The lowest BCUT2D eigenvalue weighted by atomic mass is 10.1. The van der Waals surface area contributed by atoms with Crippen LogP contribution in [0.4, 0.5) is 0 Å². The van der Waals surface area contributed by atoms with Gasteiger partial charge in [0.2, 0.25) is 0 Å². The van der Waals surface area contributed by atoms with E-state index >= 15 is 0 Å². The molecule has 2 rings (SSSR count). The molecule has 6 nitrogen and oxygen atoms in total. The van der Waals surface area contributed by atoms with Gasteiger partial charge in [-0.15, -0.1) is 0 Å². The second kappa shape index (κ2) is 4.38. The van der Waals surface area contributed by atoms with Crippen LogP contribution < -0.4 is 16.0 Å². The van der Waals surface area contributed by atoms with E-state index in [4.69, 9.17) is 15.0 Å². The van der Waals surface area contributed by atoms with E-state index in [1.54, 1.807) is 24.3 Å². The molecule has 0 fully saturated rings. The second-order valence-electron chi connectivity index (χ2n) is 3.34. The molecular weight excluding hydrogens is 208 g/mol. The summed E-state index contributed by atoms with van der Waals surface area (Å²) in [6.45, 7) is 0. The van der Waals surface area contributed by atoms with E-state index in [-0.39, 0.29) is 6.04 Å². The van der Waals surface area contributed by atoms with Crippen molar-refractivity contribution >= 4 is 0 Å². The molecule has 16 heavy (non-hydrogen) atoms. The van der Waals surface area contributed by atoms with Gasteiger partial charge in [0.15, 0.2) is 5.75 Å². The minimum absolute atomic E-state index is 0.280. The number of aromatic nitrogens is 2. The number of furan rings is 1.